The number of nitrogens with zero attached hydrogens (tertiary/aromatic N) is 1. The molecule has 2 N–H and O–H groups in total. The molecule has 5 nitrogen and oxygen atoms in total. The third kappa shape index (κ3) is 3.93. The van der Waals surface area contributed by atoms with Crippen LogP contribution in [0.5, 0.6) is 0 Å². The van der Waals surface area contributed by atoms with Crippen molar-refractivity contribution in [2.24, 2.45) is 5.92 Å². The maximum atomic E-state index is 11.1. The summed E-state index contributed by atoms with van der Waals surface area (Å²) in [6.45, 7) is 4.86. The lowest BCUT2D eigenvalue weighted by molar-refractivity contribution is 0.132. The van der Waals surface area contributed by atoms with E-state index in [2.05, 4.69) is 15.5 Å². The highest BCUT2D eigenvalue weighted by Gasteiger charge is 2.03. The number of H-pyrrole nitrogens is 1. The van der Waals surface area contributed by atoms with Crippen molar-refractivity contribution >= 4 is 6.09 Å². The minimum Gasteiger partial charge on any atom is -0.449 e. The smallest absolute Gasteiger partial charge is 0.407 e. The predicted octanol–water partition coefficient (Wildman–Crippen LogP) is 1.29. The maximum Gasteiger partial charge on any atom is 0.407 e. The number of carbonyl (C=O) groups is 1. The molecule has 5 heteroatoms. The Hall–Kier alpha value is -1.52. The van der Waals surface area contributed by atoms with Gasteiger partial charge in [-0.05, 0) is 5.92 Å². The Morgan fingerprint density at radius 1 is 1.71 bits per heavy atom. The Labute approximate surface area is 82.8 Å². The molecule has 1 heterocycles. The minimum absolute atomic E-state index is 0.356. The van der Waals surface area contributed by atoms with Gasteiger partial charge in [0.1, 0.15) is 0 Å². The lowest BCUT2D eigenvalue weighted by Gasteiger charge is -2.07. The Morgan fingerprint density at radius 3 is 3.07 bits per heavy atom. The van der Waals surface area contributed by atoms with E-state index in [0.717, 1.165) is 5.56 Å². The van der Waals surface area contributed by atoms with Gasteiger partial charge in [-0.2, -0.15) is 5.10 Å². The second kappa shape index (κ2) is 5.26. The van der Waals surface area contributed by atoms with Crippen molar-refractivity contribution in [3.63, 3.8) is 0 Å². The Morgan fingerprint density at radius 2 is 2.50 bits per heavy atom. The monoisotopic (exact) mass is 197 g/mol. The van der Waals surface area contributed by atoms with E-state index in [-0.39, 0.29) is 6.09 Å². The van der Waals surface area contributed by atoms with E-state index in [1.54, 1.807) is 12.4 Å². The van der Waals surface area contributed by atoms with Crippen LogP contribution in [0.2, 0.25) is 0 Å². The molecule has 1 amide bonds. The van der Waals surface area contributed by atoms with E-state index in [1.807, 2.05) is 13.8 Å². The largest absolute Gasteiger partial charge is 0.449 e. The zero-order valence-corrected chi connectivity index (χ0v) is 8.41. The third-order valence-electron chi connectivity index (χ3n) is 1.54. The van der Waals surface area contributed by atoms with E-state index >= 15 is 0 Å². The fourth-order valence-electron chi connectivity index (χ4n) is 0.842. The molecule has 0 saturated carbocycles. The number of aromatic amines is 1. The van der Waals surface area contributed by atoms with Crippen LogP contribution < -0.4 is 5.32 Å². The first-order chi connectivity index (χ1) is 6.68. The molecule has 1 aromatic heterocycles. The van der Waals surface area contributed by atoms with Gasteiger partial charge in [-0.3, -0.25) is 5.10 Å². The molecule has 0 unspecified atom stereocenters. The number of hydrogen-bond donors (Lipinski definition) is 2. The van der Waals surface area contributed by atoms with Crippen LogP contribution in [0.1, 0.15) is 19.4 Å². The quantitative estimate of drug-likeness (QED) is 0.764. The summed E-state index contributed by atoms with van der Waals surface area (Å²) in [5.74, 6) is 0.356. The predicted molar refractivity (Wildman–Crippen MR) is 51.6 cm³/mol. The van der Waals surface area contributed by atoms with Gasteiger partial charge in [0, 0.05) is 18.3 Å². The molecule has 0 aliphatic carbocycles. The van der Waals surface area contributed by atoms with Crippen molar-refractivity contribution in [1.82, 2.24) is 15.5 Å². The van der Waals surface area contributed by atoms with Gasteiger partial charge in [0.25, 0.3) is 0 Å². The zero-order chi connectivity index (χ0) is 10.4. The molecule has 0 bridgehead atoms. The number of ether oxygens (including phenoxy) is 1. The van der Waals surface area contributed by atoms with Gasteiger partial charge in [-0.15, -0.1) is 0 Å². The van der Waals surface area contributed by atoms with Crippen LogP contribution in [0, 0.1) is 5.92 Å². The first kappa shape index (κ1) is 10.6. The van der Waals surface area contributed by atoms with Crippen LogP contribution in [-0.2, 0) is 11.3 Å². The zero-order valence-electron chi connectivity index (χ0n) is 8.41. The van der Waals surface area contributed by atoms with Gasteiger partial charge < -0.3 is 10.1 Å². The molecule has 0 radical (unpaired) electrons. The van der Waals surface area contributed by atoms with Gasteiger partial charge in [-0.1, -0.05) is 13.8 Å². The van der Waals surface area contributed by atoms with E-state index in [1.165, 1.54) is 0 Å². The molecule has 1 rings (SSSR count). The summed E-state index contributed by atoms with van der Waals surface area (Å²) in [5, 5.41) is 9.04. The molecular weight excluding hydrogens is 182 g/mol. The molecule has 0 spiro atoms. The van der Waals surface area contributed by atoms with Crippen LogP contribution in [0.25, 0.3) is 0 Å². The summed E-state index contributed by atoms with van der Waals surface area (Å²) in [5.41, 5.74) is 0.923. The molecule has 0 saturated heterocycles. The highest BCUT2D eigenvalue weighted by molar-refractivity contribution is 5.67. The van der Waals surface area contributed by atoms with E-state index in [4.69, 9.17) is 4.74 Å². The van der Waals surface area contributed by atoms with Gasteiger partial charge in [0.05, 0.1) is 12.8 Å². The summed E-state index contributed by atoms with van der Waals surface area (Å²) in [6, 6.07) is 0. The highest BCUT2D eigenvalue weighted by atomic mass is 16.5. The highest BCUT2D eigenvalue weighted by Crippen LogP contribution is 1.95. The first-order valence-electron chi connectivity index (χ1n) is 4.56. The topological polar surface area (TPSA) is 67.0 Å². The minimum atomic E-state index is -0.389. The van der Waals surface area contributed by atoms with Crippen LogP contribution >= 0.6 is 0 Å². The number of carbonyl (C=O) groups excluding carboxylic acids is 1. The molecule has 0 aliphatic rings. The SMILES string of the molecule is CC(C)COC(=O)NCc1cn[nH]c1. The lowest BCUT2D eigenvalue weighted by Crippen LogP contribution is -2.25. The molecule has 0 aromatic carbocycles. The number of nitrogens with one attached hydrogen (secondary N) is 2. The molecule has 14 heavy (non-hydrogen) atoms. The van der Waals surface area contributed by atoms with Crippen molar-refractivity contribution in [3.8, 4) is 0 Å². The number of rotatable bonds is 4. The summed E-state index contributed by atoms with van der Waals surface area (Å²) >= 11 is 0. The normalized spacial score (nSPS) is 10.2. The molecular formula is C9H15N3O2. The van der Waals surface area contributed by atoms with Crippen molar-refractivity contribution in [2.75, 3.05) is 6.61 Å². The lowest BCUT2D eigenvalue weighted by atomic mass is 10.2. The molecule has 78 valence electrons. The van der Waals surface area contributed by atoms with Crippen LogP contribution in [0.4, 0.5) is 4.79 Å². The van der Waals surface area contributed by atoms with E-state index in [0.29, 0.717) is 19.1 Å². The molecule has 1 aromatic rings. The molecule has 0 aliphatic heterocycles. The van der Waals surface area contributed by atoms with Gasteiger partial charge in [0.15, 0.2) is 0 Å². The van der Waals surface area contributed by atoms with Crippen LogP contribution in [0.3, 0.4) is 0 Å². The van der Waals surface area contributed by atoms with Crippen molar-refractivity contribution < 1.29 is 9.53 Å². The Balaban J connectivity index is 2.15. The van der Waals surface area contributed by atoms with Crippen LogP contribution in [-0.4, -0.2) is 22.9 Å². The number of aromatic nitrogens is 2. The summed E-state index contributed by atoms with van der Waals surface area (Å²) < 4.78 is 4.92. The number of hydrogen-bond acceptors (Lipinski definition) is 3. The average Bonchev–Trinajstić information content (AvgIpc) is 2.63. The van der Waals surface area contributed by atoms with E-state index in [9.17, 15) is 4.79 Å². The van der Waals surface area contributed by atoms with Crippen molar-refractivity contribution in [3.05, 3.63) is 18.0 Å². The van der Waals surface area contributed by atoms with Gasteiger partial charge in [-0.25, -0.2) is 4.79 Å². The molecule has 0 fully saturated rings. The van der Waals surface area contributed by atoms with Gasteiger partial charge >= 0.3 is 6.09 Å². The standard InChI is InChI=1S/C9H15N3O2/c1-7(2)6-14-9(13)10-3-8-4-11-12-5-8/h4-5,7H,3,6H2,1-2H3,(H,10,13)(H,11,12). The van der Waals surface area contributed by atoms with Gasteiger partial charge in [0.2, 0.25) is 0 Å². The molecule has 0 atom stereocenters. The van der Waals surface area contributed by atoms with Crippen molar-refractivity contribution in [2.45, 2.75) is 20.4 Å². The summed E-state index contributed by atoms with van der Waals surface area (Å²) in [7, 11) is 0. The summed E-state index contributed by atoms with van der Waals surface area (Å²) in [6.07, 6.45) is 2.99. The Bertz CT molecular complexity index is 270. The fraction of sp³-hybridized carbons (Fsp3) is 0.556. The number of amides is 1. The average molecular weight is 197 g/mol. The maximum absolute atomic E-state index is 11.1. The van der Waals surface area contributed by atoms with Crippen molar-refractivity contribution in [1.29, 1.82) is 0 Å². The fourth-order valence-corrected chi connectivity index (χ4v) is 0.842. The number of alkyl carbamates (subject to hydrolysis) is 1. The van der Waals surface area contributed by atoms with E-state index < -0.39 is 0 Å². The second-order valence-electron chi connectivity index (χ2n) is 3.45. The second-order valence-corrected chi connectivity index (χ2v) is 3.45. The van der Waals surface area contributed by atoms with Crippen LogP contribution in [0.15, 0.2) is 12.4 Å². The third-order valence-corrected chi connectivity index (χ3v) is 1.54. The Kier molecular flexibility index (Phi) is 3.97. The summed E-state index contributed by atoms with van der Waals surface area (Å²) in [4.78, 5) is 11.1. The first-order valence-corrected chi connectivity index (χ1v) is 4.56.